The van der Waals surface area contributed by atoms with Crippen LogP contribution in [0.2, 0.25) is 0 Å². The first-order valence-electron chi connectivity index (χ1n) is 5.82. The molecular weight excluding hydrogens is 246 g/mol. The highest BCUT2D eigenvalue weighted by molar-refractivity contribution is 5.30. The zero-order chi connectivity index (χ0) is 13.6. The minimum absolute atomic E-state index is 0.0287. The van der Waals surface area contributed by atoms with Crippen LogP contribution in [0, 0.1) is 11.2 Å². The number of rotatable bonds is 3. The topological polar surface area (TPSA) is 12.0 Å². The van der Waals surface area contributed by atoms with Crippen LogP contribution in [0.5, 0.6) is 0 Å². The first-order chi connectivity index (χ1) is 8.28. The molecule has 0 radical (unpaired) electrons. The van der Waals surface area contributed by atoms with Crippen LogP contribution in [-0.4, -0.2) is 7.05 Å². The van der Waals surface area contributed by atoms with Crippen molar-refractivity contribution in [2.24, 2.45) is 5.41 Å². The Balaban J connectivity index is 2.34. The molecule has 1 aliphatic carbocycles. The lowest BCUT2D eigenvalue weighted by atomic mass is 9.91. The average molecular weight is 261 g/mol. The third-order valence-electron chi connectivity index (χ3n) is 3.66. The van der Waals surface area contributed by atoms with Crippen LogP contribution in [-0.2, 0) is 6.18 Å². The van der Waals surface area contributed by atoms with Crippen molar-refractivity contribution in [2.45, 2.75) is 32.0 Å². The van der Waals surface area contributed by atoms with Crippen LogP contribution >= 0.6 is 0 Å². The molecule has 1 aliphatic rings. The van der Waals surface area contributed by atoms with Crippen molar-refractivity contribution in [3.05, 3.63) is 35.1 Å². The highest BCUT2D eigenvalue weighted by Gasteiger charge is 2.45. The molecule has 2 rings (SSSR count). The Hall–Kier alpha value is -1.10. The molecule has 18 heavy (non-hydrogen) atoms. The molecule has 1 fully saturated rings. The number of benzene rings is 1. The summed E-state index contributed by atoms with van der Waals surface area (Å²) in [5, 5.41) is 3.06. The molecule has 0 aliphatic heterocycles. The molecule has 1 aromatic carbocycles. The fraction of sp³-hybridized carbons (Fsp3) is 0.538. The molecule has 0 spiro atoms. The summed E-state index contributed by atoms with van der Waals surface area (Å²) < 4.78 is 50.9. The van der Waals surface area contributed by atoms with E-state index in [2.05, 4.69) is 5.32 Å². The molecule has 1 nitrogen and oxygen atoms in total. The van der Waals surface area contributed by atoms with Gasteiger partial charge in [0.25, 0.3) is 0 Å². The number of hydrogen-bond acceptors (Lipinski definition) is 1. The highest BCUT2D eigenvalue weighted by atomic mass is 19.4. The summed E-state index contributed by atoms with van der Waals surface area (Å²) in [6, 6.07) is 3.07. The molecule has 5 heteroatoms. The molecule has 0 amide bonds. The van der Waals surface area contributed by atoms with E-state index in [0.717, 1.165) is 25.0 Å². The first-order valence-corrected chi connectivity index (χ1v) is 5.82. The maximum absolute atomic E-state index is 13.5. The summed E-state index contributed by atoms with van der Waals surface area (Å²) in [7, 11) is 1.74. The van der Waals surface area contributed by atoms with Gasteiger partial charge in [0.2, 0.25) is 0 Å². The summed E-state index contributed by atoms with van der Waals surface area (Å²) in [4.78, 5) is 0. The maximum Gasteiger partial charge on any atom is 0.419 e. The van der Waals surface area contributed by atoms with E-state index >= 15 is 0 Å². The van der Waals surface area contributed by atoms with E-state index in [1.807, 2.05) is 6.92 Å². The van der Waals surface area contributed by atoms with Crippen LogP contribution in [0.3, 0.4) is 0 Å². The summed E-state index contributed by atoms with van der Waals surface area (Å²) in [5.41, 5.74) is -0.606. The number of hydrogen-bond donors (Lipinski definition) is 1. The molecule has 100 valence electrons. The van der Waals surface area contributed by atoms with Crippen LogP contribution in [0.1, 0.15) is 36.9 Å². The SMILES string of the molecule is CNC(c1ccc(C(F)(F)F)c(F)c1)C1(C)CC1. The number of halogens is 4. The smallest absolute Gasteiger partial charge is 0.313 e. The largest absolute Gasteiger partial charge is 0.419 e. The van der Waals surface area contributed by atoms with Gasteiger partial charge in [-0.2, -0.15) is 13.2 Å². The minimum atomic E-state index is -4.64. The summed E-state index contributed by atoms with van der Waals surface area (Å²) in [6.45, 7) is 2.05. The molecule has 1 unspecified atom stereocenters. The second kappa shape index (κ2) is 4.23. The Morgan fingerprint density at radius 2 is 1.89 bits per heavy atom. The minimum Gasteiger partial charge on any atom is -0.313 e. The van der Waals surface area contributed by atoms with Gasteiger partial charge in [0.05, 0.1) is 5.56 Å². The van der Waals surface area contributed by atoms with Gasteiger partial charge in [-0.3, -0.25) is 0 Å². The fourth-order valence-electron chi connectivity index (χ4n) is 2.34. The van der Waals surface area contributed by atoms with Gasteiger partial charge in [0.1, 0.15) is 5.82 Å². The molecule has 0 saturated heterocycles. The lowest BCUT2D eigenvalue weighted by molar-refractivity contribution is -0.140. The van der Waals surface area contributed by atoms with Gasteiger partial charge in [-0.15, -0.1) is 0 Å². The van der Waals surface area contributed by atoms with Crippen molar-refractivity contribution in [1.82, 2.24) is 5.32 Å². The van der Waals surface area contributed by atoms with Crippen LogP contribution in [0.15, 0.2) is 18.2 Å². The monoisotopic (exact) mass is 261 g/mol. The van der Waals surface area contributed by atoms with Crippen molar-refractivity contribution in [3.8, 4) is 0 Å². The van der Waals surface area contributed by atoms with Crippen LogP contribution in [0.25, 0.3) is 0 Å². The summed E-state index contributed by atoms with van der Waals surface area (Å²) in [5.74, 6) is -1.20. The standard InChI is InChI=1S/C13H15F4N/c1-12(5-6-12)11(18-2)8-3-4-9(10(14)7-8)13(15,16)17/h3-4,7,11,18H,5-6H2,1-2H3. The summed E-state index contributed by atoms with van der Waals surface area (Å²) in [6.07, 6.45) is -2.64. The molecule has 0 aromatic heterocycles. The zero-order valence-electron chi connectivity index (χ0n) is 10.2. The third-order valence-corrected chi connectivity index (χ3v) is 3.66. The van der Waals surface area contributed by atoms with Crippen LogP contribution in [0.4, 0.5) is 17.6 Å². The van der Waals surface area contributed by atoms with E-state index in [-0.39, 0.29) is 11.5 Å². The Kier molecular flexibility index (Phi) is 3.13. The highest BCUT2D eigenvalue weighted by Crippen LogP contribution is 2.54. The molecule has 1 aromatic rings. The molecule has 1 N–H and O–H groups in total. The fourth-order valence-corrected chi connectivity index (χ4v) is 2.34. The first kappa shape index (κ1) is 13.3. The zero-order valence-corrected chi connectivity index (χ0v) is 10.2. The molecule has 1 saturated carbocycles. The van der Waals surface area contributed by atoms with Crippen molar-refractivity contribution in [1.29, 1.82) is 0 Å². The third kappa shape index (κ3) is 2.36. The lowest BCUT2D eigenvalue weighted by Crippen LogP contribution is -2.25. The van der Waals surface area contributed by atoms with Gasteiger partial charge in [0, 0.05) is 6.04 Å². The Bertz CT molecular complexity index is 449. The number of nitrogens with one attached hydrogen (secondary N) is 1. The average Bonchev–Trinajstić information content (AvgIpc) is 2.96. The van der Waals surface area contributed by atoms with Crippen molar-refractivity contribution in [3.63, 3.8) is 0 Å². The van der Waals surface area contributed by atoms with E-state index in [1.165, 1.54) is 6.07 Å². The molecule has 0 heterocycles. The molecule has 1 atom stereocenters. The maximum atomic E-state index is 13.5. The van der Waals surface area contributed by atoms with E-state index in [1.54, 1.807) is 7.05 Å². The Morgan fingerprint density at radius 3 is 2.28 bits per heavy atom. The van der Waals surface area contributed by atoms with Crippen molar-refractivity contribution >= 4 is 0 Å². The van der Waals surface area contributed by atoms with Crippen molar-refractivity contribution in [2.75, 3.05) is 7.05 Å². The lowest BCUT2D eigenvalue weighted by Gasteiger charge is -2.24. The Labute approximate surface area is 103 Å². The molecule has 0 bridgehead atoms. The van der Waals surface area contributed by atoms with E-state index < -0.39 is 17.6 Å². The second-order valence-corrected chi connectivity index (χ2v) is 5.11. The molecular formula is C13H15F4N. The predicted octanol–water partition coefficient (Wildman–Crippen LogP) is 3.91. The Morgan fingerprint density at radius 1 is 1.28 bits per heavy atom. The number of alkyl halides is 3. The summed E-state index contributed by atoms with van der Waals surface area (Å²) >= 11 is 0. The van der Waals surface area contributed by atoms with Crippen molar-refractivity contribution < 1.29 is 17.6 Å². The van der Waals surface area contributed by atoms with E-state index in [0.29, 0.717) is 5.56 Å². The van der Waals surface area contributed by atoms with E-state index in [4.69, 9.17) is 0 Å². The van der Waals surface area contributed by atoms with Gasteiger partial charge < -0.3 is 5.32 Å². The van der Waals surface area contributed by atoms with Gasteiger partial charge in [-0.05, 0) is 43.0 Å². The van der Waals surface area contributed by atoms with Gasteiger partial charge in [-0.25, -0.2) is 4.39 Å². The van der Waals surface area contributed by atoms with Gasteiger partial charge >= 0.3 is 6.18 Å². The van der Waals surface area contributed by atoms with Crippen LogP contribution < -0.4 is 5.32 Å². The predicted molar refractivity (Wildman–Crippen MR) is 60.5 cm³/mol. The normalized spacial score (nSPS) is 19.7. The second-order valence-electron chi connectivity index (χ2n) is 5.11. The van der Waals surface area contributed by atoms with E-state index in [9.17, 15) is 17.6 Å². The quantitative estimate of drug-likeness (QED) is 0.813. The van der Waals surface area contributed by atoms with Gasteiger partial charge in [0.15, 0.2) is 0 Å². The van der Waals surface area contributed by atoms with Gasteiger partial charge in [-0.1, -0.05) is 13.0 Å².